The topological polar surface area (TPSA) is 151 Å². The van der Waals surface area contributed by atoms with Gasteiger partial charge in [0.1, 0.15) is 5.70 Å². The van der Waals surface area contributed by atoms with Crippen molar-refractivity contribution < 1.29 is 9.59 Å². The van der Waals surface area contributed by atoms with Crippen molar-refractivity contribution in [3.8, 4) is 0 Å². The maximum atomic E-state index is 11.9. The molecule has 11 nitrogen and oxygen atoms in total. The minimum Gasteiger partial charge on any atom is -0.351 e. The number of carbonyl (C=O) groups is 2. The lowest BCUT2D eigenvalue weighted by Crippen LogP contribution is -2.43. The maximum Gasteiger partial charge on any atom is 0.326 e. The van der Waals surface area contributed by atoms with Crippen LogP contribution in [0.2, 0.25) is 0 Å². The van der Waals surface area contributed by atoms with Gasteiger partial charge < -0.3 is 21.7 Å². The van der Waals surface area contributed by atoms with Gasteiger partial charge >= 0.3 is 6.03 Å². The van der Waals surface area contributed by atoms with E-state index < -0.39 is 11.9 Å². The fourth-order valence-electron chi connectivity index (χ4n) is 3.71. The molecule has 2 atom stereocenters. The number of aromatic nitrogens is 4. The van der Waals surface area contributed by atoms with Gasteiger partial charge in [0.05, 0.1) is 6.20 Å². The first-order valence-corrected chi connectivity index (χ1v) is 9.95. The third-order valence-corrected chi connectivity index (χ3v) is 5.46. The Hall–Kier alpha value is -3.21. The lowest BCUT2D eigenvalue weighted by molar-refractivity contribution is -0.115. The van der Waals surface area contributed by atoms with Gasteiger partial charge in [0.2, 0.25) is 11.9 Å². The summed E-state index contributed by atoms with van der Waals surface area (Å²) in [6.45, 7) is 0. The maximum absolute atomic E-state index is 11.9. The molecule has 1 aliphatic heterocycles. The highest BCUT2D eigenvalue weighted by Crippen LogP contribution is 2.26. The summed E-state index contributed by atoms with van der Waals surface area (Å²) in [7, 11) is 0. The Labute approximate surface area is 166 Å². The lowest BCUT2D eigenvalue weighted by Gasteiger charge is -2.29. The van der Waals surface area contributed by atoms with Gasteiger partial charge in [-0.1, -0.05) is 12.8 Å². The number of nitrogens with zero attached hydrogens (tertiary/aromatic N) is 4. The Morgan fingerprint density at radius 2 is 1.93 bits per heavy atom. The number of hydrogen-bond donors (Lipinski definition) is 5. The van der Waals surface area contributed by atoms with E-state index in [0.29, 0.717) is 29.1 Å². The number of fused-ring (bicyclic) bond motifs is 1. The second-order valence-electron chi connectivity index (χ2n) is 7.79. The second kappa shape index (κ2) is 6.99. The number of nitrogens with one attached hydrogen (secondary N) is 4. The van der Waals surface area contributed by atoms with E-state index in [1.165, 1.54) is 0 Å². The number of anilines is 2. The van der Waals surface area contributed by atoms with E-state index >= 15 is 0 Å². The molecule has 0 bridgehead atoms. The molecule has 1 saturated heterocycles. The predicted octanol–water partition coefficient (Wildman–Crippen LogP) is 0.561. The molecule has 0 spiro atoms. The van der Waals surface area contributed by atoms with Crippen molar-refractivity contribution in [3.05, 3.63) is 17.5 Å². The van der Waals surface area contributed by atoms with Crippen LogP contribution in [0.15, 0.2) is 11.9 Å². The first kappa shape index (κ1) is 17.9. The zero-order valence-electron chi connectivity index (χ0n) is 15.8. The average Bonchev–Trinajstić information content (AvgIpc) is 3.33. The van der Waals surface area contributed by atoms with Crippen LogP contribution in [0, 0.1) is 0 Å². The minimum absolute atomic E-state index is 0.0623. The molecule has 6 N–H and O–H groups in total. The van der Waals surface area contributed by atoms with Crippen LogP contribution in [-0.2, 0) is 4.79 Å². The van der Waals surface area contributed by atoms with Crippen LogP contribution in [0.25, 0.3) is 11.7 Å². The SMILES string of the molecule is N[C@@H]1CCCC[C@H]1Nc1nc(NC2CC2)n2ncc(/C=C3\NC(=O)NC3=O)c2n1. The van der Waals surface area contributed by atoms with Crippen LogP contribution in [0.4, 0.5) is 16.7 Å². The van der Waals surface area contributed by atoms with Crippen molar-refractivity contribution >= 4 is 35.6 Å². The van der Waals surface area contributed by atoms with Gasteiger partial charge in [0.25, 0.3) is 5.91 Å². The smallest absolute Gasteiger partial charge is 0.326 e. The van der Waals surface area contributed by atoms with Crippen molar-refractivity contribution in [2.75, 3.05) is 10.6 Å². The van der Waals surface area contributed by atoms with Gasteiger partial charge in [-0.25, -0.2) is 4.79 Å². The van der Waals surface area contributed by atoms with Crippen LogP contribution in [-0.4, -0.2) is 49.6 Å². The van der Waals surface area contributed by atoms with Crippen molar-refractivity contribution in [2.45, 2.75) is 56.7 Å². The summed E-state index contributed by atoms with van der Waals surface area (Å²) in [4.78, 5) is 32.5. The number of imide groups is 1. The molecule has 2 aromatic heterocycles. The van der Waals surface area contributed by atoms with E-state index in [9.17, 15) is 9.59 Å². The number of amides is 3. The Kier molecular flexibility index (Phi) is 4.31. The minimum atomic E-state index is -0.544. The third-order valence-electron chi connectivity index (χ3n) is 5.46. The fourth-order valence-corrected chi connectivity index (χ4v) is 3.71. The zero-order chi connectivity index (χ0) is 20.0. The predicted molar refractivity (Wildman–Crippen MR) is 106 cm³/mol. The largest absolute Gasteiger partial charge is 0.351 e. The van der Waals surface area contributed by atoms with E-state index in [1.54, 1.807) is 16.8 Å². The van der Waals surface area contributed by atoms with Gasteiger partial charge in [-0.05, 0) is 31.8 Å². The van der Waals surface area contributed by atoms with E-state index in [4.69, 9.17) is 5.73 Å². The van der Waals surface area contributed by atoms with E-state index in [1.807, 2.05) is 0 Å². The van der Waals surface area contributed by atoms with Crippen molar-refractivity contribution in [1.82, 2.24) is 30.2 Å². The summed E-state index contributed by atoms with van der Waals surface area (Å²) in [6.07, 6.45) is 9.56. The average molecular weight is 397 g/mol. The van der Waals surface area contributed by atoms with Crippen molar-refractivity contribution in [1.29, 1.82) is 0 Å². The van der Waals surface area contributed by atoms with Gasteiger partial charge in [-0.15, -0.1) is 0 Å². The van der Waals surface area contributed by atoms with Gasteiger partial charge in [-0.2, -0.15) is 19.6 Å². The van der Waals surface area contributed by atoms with Crippen LogP contribution in [0.5, 0.6) is 0 Å². The number of nitrogens with two attached hydrogens (primary N) is 1. The highest BCUT2D eigenvalue weighted by Gasteiger charge is 2.27. The Balaban J connectivity index is 1.52. The van der Waals surface area contributed by atoms with E-state index in [-0.39, 0.29) is 17.8 Å². The summed E-state index contributed by atoms with van der Waals surface area (Å²) in [6, 6.07) is 0.0118. The molecule has 152 valence electrons. The molecule has 3 fully saturated rings. The number of rotatable bonds is 5. The van der Waals surface area contributed by atoms with Crippen LogP contribution >= 0.6 is 0 Å². The molecule has 5 rings (SSSR count). The molecule has 2 aromatic rings. The molecular formula is C18H23N9O2. The third kappa shape index (κ3) is 3.60. The molecule has 0 radical (unpaired) electrons. The van der Waals surface area contributed by atoms with Gasteiger partial charge in [-0.3, -0.25) is 10.1 Å². The molecule has 3 heterocycles. The number of urea groups is 1. The van der Waals surface area contributed by atoms with Crippen molar-refractivity contribution in [2.24, 2.45) is 5.73 Å². The molecule has 2 saturated carbocycles. The van der Waals surface area contributed by atoms with E-state index in [0.717, 1.165) is 38.5 Å². The Bertz CT molecular complexity index is 1010. The Morgan fingerprint density at radius 3 is 2.66 bits per heavy atom. The van der Waals surface area contributed by atoms with Gasteiger partial charge in [0, 0.05) is 23.7 Å². The molecule has 3 aliphatic rings. The zero-order valence-corrected chi connectivity index (χ0v) is 15.8. The van der Waals surface area contributed by atoms with Crippen molar-refractivity contribution in [3.63, 3.8) is 0 Å². The van der Waals surface area contributed by atoms with Crippen LogP contribution in [0.1, 0.15) is 44.1 Å². The first-order chi connectivity index (χ1) is 14.1. The molecule has 3 amide bonds. The Morgan fingerprint density at radius 1 is 1.10 bits per heavy atom. The summed E-state index contributed by atoms with van der Waals surface area (Å²) >= 11 is 0. The summed E-state index contributed by atoms with van der Waals surface area (Å²) in [5, 5.41) is 15.8. The van der Waals surface area contributed by atoms with Crippen LogP contribution < -0.4 is 27.0 Å². The monoisotopic (exact) mass is 397 g/mol. The van der Waals surface area contributed by atoms with E-state index in [2.05, 4.69) is 36.3 Å². The summed E-state index contributed by atoms with van der Waals surface area (Å²) in [5.41, 5.74) is 7.57. The number of carbonyl (C=O) groups excluding carboxylic acids is 2. The lowest BCUT2D eigenvalue weighted by atomic mass is 9.91. The molecule has 2 aliphatic carbocycles. The molecule has 11 heteroatoms. The molecule has 0 aromatic carbocycles. The second-order valence-corrected chi connectivity index (χ2v) is 7.79. The molecular weight excluding hydrogens is 374 g/mol. The summed E-state index contributed by atoms with van der Waals surface area (Å²) < 4.78 is 1.62. The highest BCUT2D eigenvalue weighted by atomic mass is 16.2. The molecule has 0 unspecified atom stereocenters. The van der Waals surface area contributed by atoms with Crippen LogP contribution in [0.3, 0.4) is 0 Å². The summed E-state index contributed by atoms with van der Waals surface area (Å²) in [5.74, 6) is 0.586. The fraction of sp³-hybridized carbons (Fsp3) is 0.500. The standard InChI is InChI=1S/C18H23N9O2/c19-11-3-1-2-4-12(11)22-16-24-14-9(7-13-15(28)25-18(29)23-13)8-20-27(14)17(26-16)21-10-5-6-10/h7-8,10-12H,1-6,19H2,(H2,21,22,24,26)(H2,23,25,28,29)/b13-7-/t11-,12-/m1/s1. The molecule has 29 heavy (non-hydrogen) atoms. The first-order valence-electron chi connectivity index (χ1n) is 9.95. The van der Waals surface area contributed by atoms with Gasteiger partial charge in [0.15, 0.2) is 5.65 Å². The highest BCUT2D eigenvalue weighted by molar-refractivity contribution is 6.14. The quantitative estimate of drug-likeness (QED) is 0.363. The number of hydrogen-bond acceptors (Lipinski definition) is 8. The normalized spacial score (nSPS) is 25.9.